The average molecular weight is 478 g/mol. The summed E-state index contributed by atoms with van der Waals surface area (Å²) in [5.74, 6) is -0.0376. The molecule has 0 radical (unpaired) electrons. The Labute approximate surface area is 199 Å². The van der Waals surface area contributed by atoms with E-state index in [1.807, 2.05) is 37.3 Å². The number of nitrogens with one attached hydrogen (secondary N) is 1. The predicted molar refractivity (Wildman–Crippen MR) is 133 cm³/mol. The number of ketones is 1. The highest BCUT2D eigenvalue weighted by atomic mass is 32.1. The molecule has 3 heterocycles. The van der Waals surface area contributed by atoms with Crippen LogP contribution >= 0.6 is 22.9 Å². The second-order valence-corrected chi connectivity index (χ2v) is 10.7. The summed E-state index contributed by atoms with van der Waals surface area (Å²) in [6.45, 7) is 6.17. The molecule has 0 bridgehead atoms. The van der Waals surface area contributed by atoms with E-state index in [9.17, 15) is 9.59 Å². The largest absolute Gasteiger partial charge is 0.397 e. The molecule has 0 atom stereocenters. The van der Waals surface area contributed by atoms with Gasteiger partial charge in [-0.2, -0.15) is 9.36 Å². The number of rotatable bonds is 4. The monoisotopic (exact) mass is 477 g/mol. The van der Waals surface area contributed by atoms with Gasteiger partial charge in [-0.25, -0.2) is 4.98 Å². The SMILES string of the molecule is CCc1c2c(nc3sc(C(=O)Nc4nsc(-c5ccccc5)n4)c(N)c13)CC(C)(C)CC2=O. The van der Waals surface area contributed by atoms with E-state index in [2.05, 4.69) is 28.5 Å². The smallest absolute Gasteiger partial charge is 0.270 e. The number of carbonyl (C=O) groups is 2. The molecule has 0 spiro atoms. The molecule has 4 aromatic rings. The lowest BCUT2D eigenvalue weighted by atomic mass is 9.74. The molecule has 7 nitrogen and oxygen atoms in total. The number of hydrogen-bond donors (Lipinski definition) is 2. The number of hydrogen-bond acceptors (Lipinski definition) is 8. The van der Waals surface area contributed by atoms with Gasteiger partial charge in [0.25, 0.3) is 5.91 Å². The van der Waals surface area contributed by atoms with Crippen molar-refractivity contribution in [2.24, 2.45) is 5.41 Å². The number of amides is 1. The van der Waals surface area contributed by atoms with E-state index in [-0.39, 0.29) is 23.1 Å². The summed E-state index contributed by atoms with van der Waals surface area (Å²) in [6, 6.07) is 9.67. The van der Waals surface area contributed by atoms with Crippen LogP contribution in [-0.4, -0.2) is 26.0 Å². The molecule has 1 aliphatic carbocycles. The van der Waals surface area contributed by atoms with Crippen molar-refractivity contribution >= 4 is 56.4 Å². The lowest BCUT2D eigenvalue weighted by molar-refractivity contribution is 0.0909. The van der Waals surface area contributed by atoms with E-state index in [0.717, 1.165) is 33.6 Å². The first kappa shape index (κ1) is 21.7. The first-order valence-corrected chi connectivity index (χ1v) is 12.3. The van der Waals surface area contributed by atoms with Gasteiger partial charge in [-0.15, -0.1) is 11.3 Å². The minimum Gasteiger partial charge on any atom is -0.397 e. The number of fused-ring (bicyclic) bond motifs is 2. The molecule has 1 amide bonds. The minimum atomic E-state index is -0.375. The molecule has 1 aliphatic rings. The molecule has 168 valence electrons. The fraction of sp³-hybridized carbons (Fsp3) is 0.292. The third kappa shape index (κ3) is 3.81. The lowest BCUT2D eigenvalue weighted by Crippen LogP contribution is -2.29. The number of aromatic nitrogens is 3. The lowest BCUT2D eigenvalue weighted by Gasteiger charge is -2.30. The maximum atomic E-state index is 13.1. The molecule has 3 N–H and O–H groups in total. The molecule has 33 heavy (non-hydrogen) atoms. The van der Waals surface area contributed by atoms with Crippen LogP contribution < -0.4 is 11.1 Å². The Balaban J connectivity index is 1.52. The topological polar surface area (TPSA) is 111 Å². The van der Waals surface area contributed by atoms with E-state index < -0.39 is 0 Å². The zero-order valence-corrected chi connectivity index (χ0v) is 20.2. The van der Waals surface area contributed by atoms with Gasteiger partial charge in [-0.3, -0.25) is 14.9 Å². The van der Waals surface area contributed by atoms with Crippen molar-refractivity contribution in [1.29, 1.82) is 0 Å². The van der Waals surface area contributed by atoms with E-state index in [1.54, 1.807) is 0 Å². The van der Waals surface area contributed by atoms with Crippen LogP contribution in [0.15, 0.2) is 30.3 Å². The van der Waals surface area contributed by atoms with Gasteiger partial charge in [0.05, 0.1) is 11.4 Å². The molecular formula is C24H23N5O2S2. The summed E-state index contributed by atoms with van der Waals surface area (Å²) in [6.07, 6.45) is 1.85. The van der Waals surface area contributed by atoms with Crippen LogP contribution in [0.3, 0.4) is 0 Å². The quantitative estimate of drug-likeness (QED) is 0.409. The van der Waals surface area contributed by atoms with Crippen LogP contribution in [0.2, 0.25) is 0 Å². The Morgan fingerprint density at radius 2 is 1.94 bits per heavy atom. The highest BCUT2D eigenvalue weighted by Crippen LogP contribution is 2.42. The zero-order valence-electron chi connectivity index (χ0n) is 18.6. The Kier molecular flexibility index (Phi) is 5.25. The first-order chi connectivity index (χ1) is 15.8. The van der Waals surface area contributed by atoms with E-state index in [4.69, 9.17) is 10.7 Å². The van der Waals surface area contributed by atoms with Gasteiger partial charge in [-0.1, -0.05) is 51.1 Å². The van der Waals surface area contributed by atoms with Crippen molar-refractivity contribution in [2.75, 3.05) is 11.1 Å². The third-order valence-electron chi connectivity index (χ3n) is 5.85. The Bertz CT molecular complexity index is 1410. The van der Waals surface area contributed by atoms with Crippen molar-refractivity contribution in [3.63, 3.8) is 0 Å². The fourth-order valence-corrected chi connectivity index (χ4v) is 6.10. The second kappa shape index (κ2) is 8.00. The summed E-state index contributed by atoms with van der Waals surface area (Å²) in [5, 5.41) is 4.20. The van der Waals surface area contributed by atoms with Crippen LogP contribution in [0, 0.1) is 5.41 Å². The number of anilines is 2. The highest BCUT2D eigenvalue weighted by molar-refractivity contribution is 7.21. The van der Waals surface area contributed by atoms with Crippen molar-refractivity contribution in [2.45, 2.75) is 40.0 Å². The number of nitrogens with two attached hydrogens (primary N) is 1. The number of pyridine rings is 1. The van der Waals surface area contributed by atoms with Crippen molar-refractivity contribution in [3.8, 4) is 10.6 Å². The van der Waals surface area contributed by atoms with Crippen LogP contribution in [-0.2, 0) is 12.8 Å². The van der Waals surface area contributed by atoms with Gasteiger partial charge in [-0.05, 0) is 35.4 Å². The van der Waals surface area contributed by atoms with Crippen LogP contribution in [0.1, 0.15) is 58.5 Å². The Morgan fingerprint density at radius 3 is 2.67 bits per heavy atom. The van der Waals surface area contributed by atoms with E-state index in [0.29, 0.717) is 33.8 Å². The average Bonchev–Trinajstić information content (AvgIpc) is 3.36. The number of benzene rings is 1. The summed E-state index contributed by atoms with van der Waals surface area (Å²) in [5.41, 5.74) is 10.0. The van der Waals surface area contributed by atoms with Gasteiger partial charge >= 0.3 is 0 Å². The number of carbonyl (C=O) groups excluding carboxylic acids is 2. The summed E-state index contributed by atoms with van der Waals surface area (Å²) in [7, 11) is 0. The Hall–Kier alpha value is -3.17. The van der Waals surface area contributed by atoms with Gasteiger partial charge < -0.3 is 5.73 Å². The highest BCUT2D eigenvalue weighted by Gasteiger charge is 2.35. The number of aryl methyl sites for hydroxylation is 1. The molecule has 0 fully saturated rings. The summed E-state index contributed by atoms with van der Waals surface area (Å²) >= 11 is 2.46. The molecular weight excluding hydrogens is 454 g/mol. The zero-order chi connectivity index (χ0) is 23.3. The second-order valence-electron chi connectivity index (χ2n) is 8.97. The van der Waals surface area contributed by atoms with Crippen LogP contribution in [0.4, 0.5) is 11.6 Å². The maximum Gasteiger partial charge on any atom is 0.270 e. The van der Waals surface area contributed by atoms with Gasteiger partial charge in [0, 0.05) is 22.9 Å². The number of nitrogens with zero attached hydrogens (tertiary/aromatic N) is 3. The van der Waals surface area contributed by atoms with Gasteiger partial charge in [0.1, 0.15) is 14.7 Å². The van der Waals surface area contributed by atoms with Gasteiger partial charge in [0.2, 0.25) is 5.95 Å². The third-order valence-corrected chi connectivity index (χ3v) is 7.71. The van der Waals surface area contributed by atoms with Gasteiger partial charge in [0.15, 0.2) is 5.78 Å². The summed E-state index contributed by atoms with van der Waals surface area (Å²) in [4.78, 5) is 36.3. The van der Waals surface area contributed by atoms with Crippen molar-refractivity contribution in [1.82, 2.24) is 14.3 Å². The first-order valence-electron chi connectivity index (χ1n) is 10.7. The van der Waals surface area contributed by atoms with Crippen LogP contribution in [0.5, 0.6) is 0 Å². The molecule has 9 heteroatoms. The molecule has 0 saturated heterocycles. The molecule has 0 unspecified atom stereocenters. The molecule has 1 aromatic carbocycles. The van der Waals surface area contributed by atoms with E-state index in [1.165, 1.54) is 22.9 Å². The molecule has 5 rings (SSSR count). The normalized spacial score (nSPS) is 14.9. The predicted octanol–water partition coefficient (Wildman–Crippen LogP) is 5.37. The molecule has 0 aliphatic heterocycles. The van der Waals surface area contributed by atoms with E-state index >= 15 is 0 Å². The molecule has 0 saturated carbocycles. The van der Waals surface area contributed by atoms with Crippen molar-refractivity contribution in [3.05, 3.63) is 52.0 Å². The number of Topliss-reactive ketones (excluding diaryl/α,β-unsaturated/α-hetero) is 1. The molecule has 3 aromatic heterocycles. The standard InChI is InChI=1S/C24H23N5O2S2/c1-4-13-16-14(10-24(2,3)11-15(16)30)26-22-17(13)18(25)19(32-22)20(31)27-23-28-21(33-29-23)12-8-6-5-7-9-12/h5-9H,4,10-11,25H2,1-3H3,(H,27,29,31). The summed E-state index contributed by atoms with van der Waals surface area (Å²) < 4.78 is 4.27. The number of thiophene rings is 1. The Morgan fingerprint density at radius 1 is 1.18 bits per heavy atom. The maximum absolute atomic E-state index is 13.1. The minimum absolute atomic E-state index is 0.101. The number of nitrogen functional groups attached to an aromatic ring is 1. The van der Waals surface area contributed by atoms with Crippen molar-refractivity contribution < 1.29 is 9.59 Å². The fourth-order valence-electron chi connectivity index (χ4n) is 4.43. The van der Waals surface area contributed by atoms with Crippen LogP contribution in [0.25, 0.3) is 20.8 Å².